The van der Waals surface area contributed by atoms with Gasteiger partial charge in [0.05, 0.1) is 42.0 Å². The molecule has 1 saturated carbocycles. The number of hydrogen-bond donors (Lipinski definition) is 1. The van der Waals surface area contributed by atoms with Crippen molar-refractivity contribution >= 4 is 29.3 Å². The van der Waals surface area contributed by atoms with Gasteiger partial charge in [-0.2, -0.15) is 0 Å². The van der Waals surface area contributed by atoms with E-state index in [1.165, 1.54) is 9.80 Å². The molecule has 2 aliphatic heterocycles. The van der Waals surface area contributed by atoms with Gasteiger partial charge in [0.25, 0.3) is 0 Å². The lowest BCUT2D eigenvalue weighted by atomic mass is 9.51. The molecule has 8 heteroatoms. The smallest absolute Gasteiger partial charge is 0.241 e. The highest BCUT2D eigenvalue weighted by atomic mass is 16.5. The summed E-state index contributed by atoms with van der Waals surface area (Å²) in [5.74, 6) is -3.26. The van der Waals surface area contributed by atoms with Gasteiger partial charge in [0, 0.05) is 11.5 Å². The summed E-state index contributed by atoms with van der Waals surface area (Å²) >= 11 is 0. The van der Waals surface area contributed by atoms with Gasteiger partial charge in [0.2, 0.25) is 23.6 Å². The van der Waals surface area contributed by atoms with Crippen molar-refractivity contribution in [2.75, 3.05) is 18.1 Å². The van der Waals surface area contributed by atoms with Gasteiger partial charge in [-0.1, -0.05) is 78.4 Å². The number of aliphatic hydroxyl groups is 1. The van der Waals surface area contributed by atoms with Gasteiger partial charge in [-0.3, -0.25) is 24.1 Å². The Balaban J connectivity index is 1.35. The van der Waals surface area contributed by atoms with E-state index in [9.17, 15) is 24.3 Å². The summed E-state index contributed by atoms with van der Waals surface area (Å²) in [6.45, 7) is 1.96. The van der Waals surface area contributed by atoms with E-state index in [0.717, 1.165) is 16.7 Å². The molecule has 4 amide bonds. The maximum atomic E-state index is 14.5. The number of anilines is 1. The van der Waals surface area contributed by atoms with Gasteiger partial charge in [-0.05, 0) is 49.4 Å². The minimum atomic E-state index is -1.16. The van der Waals surface area contributed by atoms with Crippen LogP contribution in [0.2, 0.25) is 0 Å². The summed E-state index contributed by atoms with van der Waals surface area (Å²) in [7, 11) is 0. The van der Waals surface area contributed by atoms with E-state index in [0.29, 0.717) is 24.3 Å². The molecular formula is C36H34N2O6. The third kappa shape index (κ3) is 4.15. The first-order valence-corrected chi connectivity index (χ1v) is 15.2. The SMILES string of the molecule is C[C@@]12C(=O)N(c3ccccc3)C(=O)[C@@H]1C[C@@H]1C(=CC[C@@H]3C(=O)N(Cc4ccccc4)C(=O)[C@@H]31)[C@@H]2c1ccccc1OCCO. The van der Waals surface area contributed by atoms with Gasteiger partial charge < -0.3 is 9.84 Å². The van der Waals surface area contributed by atoms with Crippen molar-refractivity contribution in [2.24, 2.45) is 29.1 Å². The van der Waals surface area contributed by atoms with E-state index in [1.807, 2.05) is 67.6 Å². The molecule has 2 aliphatic carbocycles. The van der Waals surface area contributed by atoms with Crippen LogP contribution < -0.4 is 9.64 Å². The molecule has 0 bridgehead atoms. The Labute approximate surface area is 255 Å². The largest absolute Gasteiger partial charge is 0.491 e. The number of likely N-dealkylation sites (tertiary alicyclic amines) is 1. The van der Waals surface area contributed by atoms with Crippen LogP contribution in [0.1, 0.15) is 36.8 Å². The summed E-state index contributed by atoms with van der Waals surface area (Å²) in [5, 5.41) is 9.53. The Bertz CT molecular complexity index is 1670. The molecule has 224 valence electrons. The van der Waals surface area contributed by atoms with Gasteiger partial charge >= 0.3 is 0 Å². The molecule has 1 N–H and O–H groups in total. The normalized spacial score (nSPS) is 29.3. The average Bonchev–Trinajstić information content (AvgIpc) is 3.40. The van der Waals surface area contributed by atoms with Crippen molar-refractivity contribution < 1.29 is 29.0 Å². The summed E-state index contributed by atoms with van der Waals surface area (Å²) in [6.07, 6.45) is 2.72. The number of imide groups is 2. The number of aliphatic hydroxyl groups excluding tert-OH is 1. The molecule has 4 aliphatic rings. The van der Waals surface area contributed by atoms with Gasteiger partial charge in [-0.15, -0.1) is 0 Å². The van der Waals surface area contributed by atoms with Crippen molar-refractivity contribution in [2.45, 2.75) is 32.2 Å². The Morgan fingerprint density at radius 3 is 2.25 bits per heavy atom. The molecule has 44 heavy (non-hydrogen) atoms. The number of hydrogen-bond acceptors (Lipinski definition) is 6. The molecule has 6 atom stereocenters. The Kier molecular flexibility index (Phi) is 6.97. The van der Waals surface area contributed by atoms with Crippen molar-refractivity contribution in [3.05, 3.63) is 108 Å². The van der Waals surface area contributed by atoms with Gasteiger partial charge in [0.15, 0.2) is 0 Å². The third-order valence-corrected chi connectivity index (χ3v) is 10.1. The van der Waals surface area contributed by atoms with Gasteiger partial charge in [0.1, 0.15) is 12.4 Å². The first-order valence-electron chi connectivity index (χ1n) is 15.2. The highest BCUT2D eigenvalue weighted by Crippen LogP contribution is 2.64. The fraction of sp³-hybridized carbons (Fsp3) is 0.333. The highest BCUT2D eigenvalue weighted by molar-refractivity contribution is 6.24. The third-order valence-electron chi connectivity index (χ3n) is 10.1. The van der Waals surface area contributed by atoms with Crippen LogP contribution in [-0.2, 0) is 25.7 Å². The molecule has 8 nitrogen and oxygen atoms in total. The lowest BCUT2D eigenvalue weighted by Gasteiger charge is -2.49. The molecule has 0 unspecified atom stereocenters. The fourth-order valence-corrected chi connectivity index (χ4v) is 8.18. The predicted molar refractivity (Wildman–Crippen MR) is 162 cm³/mol. The Morgan fingerprint density at radius 2 is 1.52 bits per heavy atom. The first kappa shape index (κ1) is 28.2. The second kappa shape index (κ2) is 10.9. The van der Waals surface area contributed by atoms with Crippen molar-refractivity contribution in [1.29, 1.82) is 0 Å². The molecule has 7 rings (SSSR count). The van der Waals surface area contributed by atoms with E-state index in [4.69, 9.17) is 4.74 Å². The van der Waals surface area contributed by atoms with E-state index in [-0.39, 0.29) is 43.4 Å². The van der Waals surface area contributed by atoms with Crippen LogP contribution in [0.3, 0.4) is 0 Å². The van der Waals surface area contributed by atoms with Crippen LogP contribution in [0, 0.1) is 29.1 Å². The van der Waals surface area contributed by atoms with E-state index in [2.05, 4.69) is 0 Å². The minimum absolute atomic E-state index is 0.0709. The number of ether oxygens (including phenoxy) is 1. The first-order chi connectivity index (χ1) is 21.4. The summed E-state index contributed by atoms with van der Waals surface area (Å²) in [6, 6.07) is 25.8. The number of nitrogens with zero attached hydrogens (tertiary/aromatic N) is 2. The van der Waals surface area contributed by atoms with Gasteiger partial charge in [-0.25, -0.2) is 4.90 Å². The monoisotopic (exact) mass is 590 g/mol. The number of fused-ring (bicyclic) bond motifs is 4. The molecule has 2 heterocycles. The second-order valence-corrected chi connectivity index (χ2v) is 12.4. The van der Waals surface area contributed by atoms with Crippen molar-refractivity contribution in [1.82, 2.24) is 4.90 Å². The number of para-hydroxylation sites is 2. The maximum absolute atomic E-state index is 14.5. The Hall–Kier alpha value is -4.56. The topological polar surface area (TPSA) is 104 Å². The summed E-state index contributed by atoms with van der Waals surface area (Å²) in [4.78, 5) is 59.3. The zero-order valence-corrected chi connectivity index (χ0v) is 24.5. The zero-order valence-electron chi connectivity index (χ0n) is 24.5. The van der Waals surface area contributed by atoms with E-state index in [1.54, 1.807) is 30.3 Å². The second-order valence-electron chi connectivity index (χ2n) is 12.4. The summed E-state index contributed by atoms with van der Waals surface area (Å²) < 4.78 is 5.98. The number of rotatable bonds is 7. The minimum Gasteiger partial charge on any atom is -0.491 e. The predicted octanol–water partition coefficient (Wildman–Crippen LogP) is 4.49. The van der Waals surface area contributed by atoms with E-state index < -0.39 is 35.0 Å². The number of benzene rings is 3. The molecule has 3 aromatic rings. The van der Waals surface area contributed by atoms with Crippen LogP contribution in [0.15, 0.2) is 96.6 Å². The van der Waals surface area contributed by atoms with Crippen molar-refractivity contribution in [3.8, 4) is 5.75 Å². The van der Waals surface area contributed by atoms with Crippen LogP contribution in [-0.4, -0.2) is 46.8 Å². The molecule has 0 radical (unpaired) electrons. The van der Waals surface area contributed by atoms with E-state index >= 15 is 0 Å². The molecule has 0 aromatic heterocycles. The zero-order chi connectivity index (χ0) is 30.6. The lowest BCUT2D eigenvalue weighted by molar-refractivity contribution is -0.141. The fourth-order valence-electron chi connectivity index (χ4n) is 8.18. The molecular weight excluding hydrogens is 556 g/mol. The van der Waals surface area contributed by atoms with Crippen LogP contribution >= 0.6 is 0 Å². The van der Waals surface area contributed by atoms with Crippen LogP contribution in [0.5, 0.6) is 5.75 Å². The molecule has 0 spiro atoms. The van der Waals surface area contributed by atoms with Crippen LogP contribution in [0.25, 0.3) is 0 Å². The molecule has 3 aromatic carbocycles. The summed E-state index contributed by atoms with van der Waals surface area (Å²) in [5.41, 5.74) is 1.87. The Morgan fingerprint density at radius 1 is 0.841 bits per heavy atom. The number of allylic oxidation sites excluding steroid dienone is 2. The quantitative estimate of drug-likeness (QED) is 0.321. The standard InChI is InChI=1S/C36H34N2O6/c1-36-28(33(41)38(35(36)43)23-12-6-3-7-13-23)20-27-24(31(36)25-14-8-9-15-29(25)44-19-18-39)16-17-26-30(27)34(42)37(32(26)40)21-22-10-4-2-5-11-22/h2-16,26-28,30-31,39H,17-21H2,1H3/t26-,27+,28-,30-,31+,36+/m0/s1. The molecule has 2 saturated heterocycles. The number of carbonyl (C=O) groups is 4. The maximum Gasteiger partial charge on any atom is 0.241 e. The number of carbonyl (C=O) groups excluding carboxylic acids is 4. The number of amides is 4. The van der Waals surface area contributed by atoms with Crippen molar-refractivity contribution in [3.63, 3.8) is 0 Å². The lowest BCUT2D eigenvalue weighted by Crippen LogP contribution is -2.49. The molecule has 3 fully saturated rings. The average molecular weight is 591 g/mol. The van der Waals surface area contributed by atoms with Crippen LogP contribution in [0.4, 0.5) is 5.69 Å². The highest BCUT2D eigenvalue weighted by Gasteiger charge is 2.67.